The molecule has 0 fully saturated rings. The molecule has 0 saturated carbocycles. The minimum atomic E-state index is -0.112. The Morgan fingerprint density at radius 3 is 2.08 bits per heavy atom. The Hall–Kier alpha value is -2.80. The topological polar surface area (TPSA) is 71.6 Å². The second-order valence-corrected chi connectivity index (χ2v) is 5.31. The summed E-state index contributed by atoms with van der Waals surface area (Å²) in [6, 6.07) is 12.6. The summed E-state index contributed by atoms with van der Waals surface area (Å²) in [5, 5.41) is 9.28. The lowest BCUT2D eigenvalue weighted by atomic mass is 10.2. The van der Waals surface area contributed by atoms with E-state index in [-0.39, 0.29) is 5.91 Å². The van der Waals surface area contributed by atoms with Gasteiger partial charge in [-0.3, -0.25) is 4.79 Å². The minimum Gasteiger partial charge on any atom is -0.497 e. The Kier molecular flexibility index (Phi) is 5.97. The zero-order valence-corrected chi connectivity index (χ0v) is 14.5. The summed E-state index contributed by atoms with van der Waals surface area (Å²) in [7, 11) is 3.18. The van der Waals surface area contributed by atoms with Crippen LogP contribution in [0.4, 0.5) is 17.1 Å². The molecule has 6 nitrogen and oxygen atoms in total. The van der Waals surface area contributed by atoms with Crippen molar-refractivity contribution in [3.05, 3.63) is 42.5 Å². The number of carbonyl (C=O) groups is 1. The Bertz CT molecular complexity index is 732. The highest BCUT2D eigenvalue weighted by Gasteiger charge is 2.07. The van der Waals surface area contributed by atoms with Crippen LogP contribution >= 0.6 is 12.2 Å². The SMILES string of the molecule is COc1ccc(NC(=S)Nc2ccc(NC(C)=O)cc2)c(OC)c1. The van der Waals surface area contributed by atoms with Crippen LogP contribution in [0, 0.1) is 0 Å². The Morgan fingerprint density at radius 1 is 0.917 bits per heavy atom. The van der Waals surface area contributed by atoms with Crippen molar-refractivity contribution in [2.45, 2.75) is 6.92 Å². The Labute approximate surface area is 146 Å². The molecule has 0 unspecified atom stereocenters. The van der Waals surface area contributed by atoms with Crippen LogP contribution in [0.25, 0.3) is 0 Å². The third kappa shape index (κ3) is 4.85. The van der Waals surface area contributed by atoms with Gasteiger partial charge < -0.3 is 25.4 Å². The van der Waals surface area contributed by atoms with Crippen molar-refractivity contribution in [3.8, 4) is 11.5 Å². The highest BCUT2D eigenvalue weighted by Crippen LogP contribution is 2.29. The number of hydrogen-bond acceptors (Lipinski definition) is 4. The molecule has 0 heterocycles. The molecule has 2 aromatic carbocycles. The molecule has 2 aromatic rings. The lowest BCUT2D eigenvalue weighted by Gasteiger charge is -2.14. The molecular weight excluding hydrogens is 326 g/mol. The van der Waals surface area contributed by atoms with E-state index in [1.54, 1.807) is 32.4 Å². The van der Waals surface area contributed by atoms with Gasteiger partial charge >= 0.3 is 0 Å². The Balaban J connectivity index is 2.01. The summed E-state index contributed by atoms with van der Waals surface area (Å²) in [5.74, 6) is 1.21. The number of benzene rings is 2. The van der Waals surface area contributed by atoms with Crippen LogP contribution < -0.4 is 25.4 Å². The average molecular weight is 345 g/mol. The van der Waals surface area contributed by atoms with Crippen molar-refractivity contribution in [1.29, 1.82) is 0 Å². The number of thiocarbonyl (C=S) groups is 1. The van der Waals surface area contributed by atoms with Gasteiger partial charge in [-0.1, -0.05) is 0 Å². The molecule has 0 bridgehead atoms. The van der Waals surface area contributed by atoms with E-state index in [1.165, 1.54) is 6.92 Å². The van der Waals surface area contributed by atoms with Crippen LogP contribution in [-0.4, -0.2) is 25.2 Å². The summed E-state index contributed by atoms with van der Waals surface area (Å²) in [6.07, 6.45) is 0. The predicted molar refractivity (Wildman–Crippen MR) is 100 cm³/mol. The molecular formula is C17H19N3O3S. The van der Waals surface area contributed by atoms with E-state index in [0.29, 0.717) is 16.6 Å². The van der Waals surface area contributed by atoms with Crippen LogP contribution in [0.3, 0.4) is 0 Å². The first-order valence-electron chi connectivity index (χ1n) is 7.19. The van der Waals surface area contributed by atoms with E-state index in [0.717, 1.165) is 17.1 Å². The van der Waals surface area contributed by atoms with Crippen LogP contribution in [0.1, 0.15) is 6.92 Å². The van der Waals surface area contributed by atoms with Crippen LogP contribution in [0.2, 0.25) is 0 Å². The smallest absolute Gasteiger partial charge is 0.221 e. The number of hydrogen-bond donors (Lipinski definition) is 3. The molecule has 126 valence electrons. The summed E-state index contributed by atoms with van der Waals surface area (Å²) < 4.78 is 10.5. The summed E-state index contributed by atoms with van der Waals surface area (Å²) >= 11 is 5.31. The molecule has 0 aromatic heterocycles. The zero-order valence-electron chi connectivity index (χ0n) is 13.7. The largest absolute Gasteiger partial charge is 0.497 e. The molecule has 0 spiro atoms. The molecule has 7 heteroatoms. The number of amides is 1. The van der Waals surface area contributed by atoms with E-state index < -0.39 is 0 Å². The number of rotatable bonds is 5. The van der Waals surface area contributed by atoms with Crippen molar-refractivity contribution in [3.63, 3.8) is 0 Å². The fraction of sp³-hybridized carbons (Fsp3) is 0.176. The fourth-order valence-electron chi connectivity index (χ4n) is 2.03. The second kappa shape index (κ2) is 8.16. The van der Waals surface area contributed by atoms with Gasteiger partial charge in [0.2, 0.25) is 5.91 Å². The van der Waals surface area contributed by atoms with Crippen LogP contribution in [0.5, 0.6) is 11.5 Å². The first-order chi connectivity index (χ1) is 11.5. The molecule has 0 atom stereocenters. The second-order valence-electron chi connectivity index (χ2n) is 4.90. The molecule has 2 rings (SSSR count). The van der Waals surface area contributed by atoms with Gasteiger partial charge in [0, 0.05) is 24.4 Å². The lowest BCUT2D eigenvalue weighted by molar-refractivity contribution is -0.114. The van der Waals surface area contributed by atoms with E-state index in [1.807, 2.05) is 24.3 Å². The molecule has 3 N–H and O–H groups in total. The summed E-state index contributed by atoms with van der Waals surface area (Å²) in [5.41, 5.74) is 2.25. The molecule has 0 saturated heterocycles. The van der Waals surface area contributed by atoms with Gasteiger partial charge in [0.25, 0.3) is 0 Å². The maximum Gasteiger partial charge on any atom is 0.221 e. The monoisotopic (exact) mass is 345 g/mol. The van der Waals surface area contributed by atoms with Gasteiger partial charge in [-0.05, 0) is 48.6 Å². The van der Waals surface area contributed by atoms with E-state index in [4.69, 9.17) is 21.7 Å². The van der Waals surface area contributed by atoms with E-state index in [9.17, 15) is 4.79 Å². The van der Waals surface area contributed by atoms with Crippen LogP contribution in [-0.2, 0) is 4.79 Å². The lowest BCUT2D eigenvalue weighted by Crippen LogP contribution is -2.19. The number of methoxy groups -OCH3 is 2. The average Bonchev–Trinajstić information content (AvgIpc) is 2.56. The van der Waals surface area contributed by atoms with Crippen molar-refractivity contribution in [2.75, 3.05) is 30.2 Å². The highest BCUT2D eigenvalue weighted by atomic mass is 32.1. The molecule has 0 aliphatic heterocycles. The third-order valence-electron chi connectivity index (χ3n) is 3.12. The quantitative estimate of drug-likeness (QED) is 0.721. The van der Waals surface area contributed by atoms with Gasteiger partial charge in [-0.15, -0.1) is 0 Å². The maximum absolute atomic E-state index is 11.0. The van der Waals surface area contributed by atoms with Gasteiger partial charge in [0.05, 0.1) is 19.9 Å². The molecule has 1 amide bonds. The zero-order chi connectivity index (χ0) is 17.5. The predicted octanol–water partition coefficient (Wildman–Crippen LogP) is 3.47. The maximum atomic E-state index is 11.0. The van der Waals surface area contributed by atoms with Crippen molar-refractivity contribution in [2.24, 2.45) is 0 Å². The Morgan fingerprint density at radius 2 is 1.54 bits per heavy atom. The highest BCUT2D eigenvalue weighted by molar-refractivity contribution is 7.80. The summed E-state index contributed by atoms with van der Waals surface area (Å²) in [4.78, 5) is 11.0. The van der Waals surface area contributed by atoms with Crippen LogP contribution in [0.15, 0.2) is 42.5 Å². The fourth-order valence-corrected chi connectivity index (χ4v) is 2.25. The molecule has 0 aliphatic rings. The number of carbonyl (C=O) groups excluding carboxylic acids is 1. The van der Waals surface area contributed by atoms with Crippen molar-refractivity contribution >= 4 is 40.3 Å². The number of anilines is 3. The minimum absolute atomic E-state index is 0.112. The third-order valence-corrected chi connectivity index (χ3v) is 3.32. The molecule has 0 radical (unpaired) electrons. The molecule has 0 aliphatic carbocycles. The first-order valence-corrected chi connectivity index (χ1v) is 7.60. The first kappa shape index (κ1) is 17.6. The van der Waals surface area contributed by atoms with Crippen molar-refractivity contribution < 1.29 is 14.3 Å². The van der Waals surface area contributed by atoms with Gasteiger partial charge in [-0.2, -0.15) is 0 Å². The standard InChI is InChI=1S/C17H19N3O3S/c1-11(21)18-12-4-6-13(7-5-12)19-17(24)20-15-9-8-14(22-2)10-16(15)23-3/h4-10H,1-3H3,(H,18,21)(H2,19,20,24). The van der Waals surface area contributed by atoms with E-state index in [2.05, 4.69) is 16.0 Å². The van der Waals surface area contributed by atoms with Gasteiger partial charge in [0.1, 0.15) is 11.5 Å². The number of ether oxygens (including phenoxy) is 2. The van der Waals surface area contributed by atoms with E-state index >= 15 is 0 Å². The van der Waals surface area contributed by atoms with Crippen molar-refractivity contribution in [1.82, 2.24) is 0 Å². The summed E-state index contributed by atoms with van der Waals surface area (Å²) in [6.45, 7) is 1.47. The van der Waals surface area contributed by atoms with Gasteiger partial charge in [0.15, 0.2) is 5.11 Å². The normalized spacial score (nSPS) is 9.79. The number of nitrogens with one attached hydrogen (secondary N) is 3. The molecule has 24 heavy (non-hydrogen) atoms. The van der Waals surface area contributed by atoms with Gasteiger partial charge in [-0.25, -0.2) is 0 Å².